The van der Waals surface area contributed by atoms with Crippen molar-refractivity contribution in [1.29, 1.82) is 0 Å². The standard InChI is InChI=1S/C26H21BrFN3O6S2/c27-13-1-6-17(37-12-18(32)30-7-9-36-10-8-30)16(11-13)19-20-22(38-23-21(19)39-26(35)29-23)25(34)31(24(20)33)15-4-2-14(28)3-5-15/h1-6,11,19-20,22H,7-10,12H2,(H,29,35). The van der Waals surface area contributed by atoms with Crippen molar-refractivity contribution in [2.24, 2.45) is 5.92 Å². The van der Waals surface area contributed by atoms with Crippen molar-refractivity contribution in [3.05, 3.63) is 72.9 Å². The summed E-state index contributed by atoms with van der Waals surface area (Å²) >= 11 is 5.63. The van der Waals surface area contributed by atoms with E-state index in [1.807, 2.05) is 0 Å². The first-order valence-electron chi connectivity index (χ1n) is 12.1. The number of benzene rings is 2. The van der Waals surface area contributed by atoms with E-state index in [9.17, 15) is 23.6 Å². The van der Waals surface area contributed by atoms with Gasteiger partial charge in [0.2, 0.25) is 11.8 Å². The van der Waals surface area contributed by atoms with Crippen LogP contribution in [-0.2, 0) is 19.1 Å². The summed E-state index contributed by atoms with van der Waals surface area (Å²) in [6.45, 7) is 1.68. The predicted octanol–water partition coefficient (Wildman–Crippen LogP) is 3.37. The highest BCUT2D eigenvalue weighted by atomic mass is 79.9. The van der Waals surface area contributed by atoms with E-state index in [1.165, 1.54) is 24.3 Å². The zero-order valence-corrected chi connectivity index (χ0v) is 23.4. The molecule has 3 atom stereocenters. The molecule has 2 saturated heterocycles. The molecule has 2 aromatic carbocycles. The van der Waals surface area contributed by atoms with E-state index < -0.39 is 34.7 Å². The smallest absolute Gasteiger partial charge is 0.305 e. The molecule has 4 heterocycles. The Labute approximate surface area is 238 Å². The maximum Gasteiger partial charge on any atom is 0.305 e. The van der Waals surface area contributed by atoms with Crippen LogP contribution in [0.4, 0.5) is 10.1 Å². The summed E-state index contributed by atoms with van der Waals surface area (Å²) in [7, 11) is 0. The molecule has 39 heavy (non-hydrogen) atoms. The van der Waals surface area contributed by atoms with Crippen molar-refractivity contribution in [1.82, 2.24) is 9.88 Å². The van der Waals surface area contributed by atoms with Crippen molar-refractivity contribution >= 4 is 62.4 Å². The van der Waals surface area contributed by atoms with Crippen molar-refractivity contribution in [3.8, 4) is 5.75 Å². The molecule has 3 amide bonds. The molecule has 202 valence electrons. The van der Waals surface area contributed by atoms with Crippen molar-refractivity contribution < 1.29 is 28.2 Å². The predicted molar refractivity (Wildman–Crippen MR) is 146 cm³/mol. The van der Waals surface area contributed by atoms with E-state index in [1.54, 1.807) is 23.1 Å². The second-order valence-electron chi connectivity index (χ2n) is 9.20. The summed E-state index contributed by atoms with van der Waals surface area (Å²) < 4.78 is 25.6. The number of hydrogen-bond acceptors (Lipinski definition) is 8. The number of halogens is 2. The summed E-state index contributed by atoms with van der Waals surface area (Å²) in [6.07, 6.45) is 0. The SMILES string of the molecule is O=C(COc1ccc(Br)cc1C1c2sc(=O)[nH]c2SC2C(=O)N(c3ccc(F)cc3)C(=O)C21)N1CCOCC1. The topological polar surface area (TPSA) is 109 Å². The second-order valence-corrected chi connectivity index (χ2v) is 12.3. The van der Waals surface area contributed by atoms with E-state index in [0.717, 1.165) is 28.0 Å². The highest BCUT2D eigenvalue weighted by Crippen LogP contribution is 2.54. The number of carbonyl (C=O) groups is 3. The number of anilines is 1. The number of ether oxygens (including phenoxy) is 2. The van der Waals surface area contributed by atoms with Crippen LogP contribution in [0.5, 0.6) is 5.75 Å². The molecule has 3 aliphatic heterocycles. The Morgan fingerprint density at radius 2 is 1.85 bits per heavy atom. The molecule has 0 radical (unpaired) electrons. The van der Waals surface area contributed by atoms with Crippen molar-refractivity contribution in [2.45, 2.75) is 16.2 Å². The fourth-order valence-corrected chi connectivity index (χ4v) is 8.02. The summed E-state index contributed by atoms with van der Waals surface area (Å²) in [5.41, 5.74) is 0.854. The monoisotopic (exact) mass is 633 g/mol. The van der Waals surface area contributed by atoms with Crippen molar-refractivity contribution in [2.75, 3.05) is 37.8 Å². The Hall–Kier alpha value is -3.00. The van der Waals surface area contributed by atoms with Crippen LogP contribution in [0, 0.1) is 11.7 Å². The number of fused-ring (bicyclic) bond motifs is 2. The molecule has 0 aliphatic carbocycles. The molecule has 0 bridgehead atoms. The number of rotatable bonds is 5. The third-order valence-electron chi connectivity index (χ3n) is 6.93. The van der Waals surface area contributed by atoms with Gasteiger partial charge in [0, 0.05) is 33.9 Å². The number of carbonyl (C=O) groups excluding carboxylic acids is 3. The molecular formula is C26H21BrFN3O6S2. The van der Waals surface area contributed by atoms with Crippen molar-refractivity contribution in [3.63, 3.8) is 0 Å². The quantitative estimate of drug-likeness (QED) is 0.429. The molecule has 9 nitrogen and oxygen atoms in total. The molecule has 2 fully saturated rings. The number of thiazole rings is 1. The van der Waals surface area contributed by atoms with Gasteiger partial charge in [0.25, 0.3) is 5.91 Å². The first-order valence-corrected chi connectivity index (χ1v) is 14.6. The third kappa shape index (κ3) is 4.81. The Bertz CT molecular complexity index is 1520. The Kier molecular flexibility index (Phi) is 7.08. The van der Waals surface area contributed by atoms with Gasteiger partial charge in [-0.2, -0.15) is 0 Å². The number of nitrogens with zero attached hydrogens (tertiary/aromatic N) is 2. The molecule has 0 spiro atoms. The van der Waals surface area contributed by atoms with Gasteiger partial charge in [0.1, 0.15) is 16.8 Å². The lowest BCUT2D eigenvalue weighted by Gasteiger charge is -2.31. The number of imide groups is 1. The van der Waals surface area contributed by atoms with Gasteiger partial charge in [0.15, 0.2) is 6.61 Å². The number of hydrogen-bond donors (Lipinski definition) is 1. The molecule has 1 N–H and O–H groups in total. The number of nitrogens with one attached hydrogen (secondary N) is 1. The molecule has 6 rings (SSSR count). The summed E-state index contributed by atoms with van der Waals surface area (Å²) in [5.74, 6) is -2.72. The zero-order chi connectivity index (χ0) is 27.3. The molecular weight excluding hydrogens is 613 g/mol. The fraction of sp³-hybridized carbons (Fsp3) is 0.308. The highest BCUT2D eigenvalue weighted by molar-refractivity contribution is 9.10. The minimum absolute atomic E-state index is 0.189. The van der Waals surface area contributed by atoms with Gasteiger partial charge in [-0.05, 0) is 42.5 Å². The largest absolute Gasteiger partial charge is 0.483 e. The Morgan fingerprint density at radius 1 is 1.10 bits per heavy atom. The second kappa shape index (κ2) is 10.5. The third-order valence-corrected chi connectivity index (χ3v) is 9.82. The summed E-state index contributed by atoms with van der Waals surface area (Å²) in [4.78, 5) is 58.5. The van der Waals surface area contributed by atoms with Gasteiger partial charge in [-0.1, -0.05) is 39.0 Å². The van der Waals surface area contributed by atoms with Gasteiger partial charge in [-0.15, -0.1) is 0 Å². The number of morpholine rings is 1. The van der Waals surface area contributed by atoms with Gasteiger partial charge in [-0.25, -0.2) is 9.29 Å². The highest BCUT2D eigenvalue weighted by Gasteiger charge is 2.56. The minimum Gasteiger partial charge on any atom is -0.483 e. The van der Waals surface area contributed by atoms with Crippen LogP contribution < -0.4 is 14.5 Å². The zero-order valence-electron chi connectivity index (χ0n) is 20.2. The number of amides is 3. The molecule has 3 unspecified atom stereocenters. The number of aromatic amines is 1. The lowest BCUT2D eigenvalue weighted by Crippen LogP contribution is -2.43. The Morgan fingerprint density at radius 3 is 2.59 bits per heavy atom. The van der Waals surface area contributed by atoms with Crippen LogP contribution in [0.15, 0.2) is 56.8 Å². The summed E-state index contributed by atoms with van der Waals surface area (Å²) in [6, 6.07) is 10.4. The maximum atomic E-state index is 13.9. The normalized spacial score (nSPS) is 22.6. The molecule has 3 aromatic rings. The van der Waals surface area contributed by atoms with Crippen LogP contribution in [-0.4, -0.2) is 65.8 Å². The van der Waals surface area contributed by atoms with Gasteiger partial charge >= 0.3 is 4.87 Å². The average molecular weight is 635 g/mol. The maximum absolute atomic E-state index is 13.9. The van der Waals surface area contributed by atoms with E-state index in [-0.39, 0.29) is 23.1 Å². The van der Waals surface area contributed by atoms with E-state index in [2.05, 4.69) is 20.9 Å². The van der Waals surface area contributed by atoms with E-state index in [4.69, 9.17) is 9.47 Å². The lowest BCUT2D eigenvalue weighted by molar-refractivity contribution is -0.137. The first-order chi connectivity index (χ1) is 18.8. The molecule has 1 aromatic heterocycles. The van der Waals surface area contributed by atoms with Crippen LogP contribution in [0.3, 0.4) is 0 Å². The average Bonchev–Trinajstić information content (AvgIpc) is 3.43. The van der Waals surface area contributed by atoms with Crippen LogP contribution in [0.2, 0.25) is 0 Å². The Balaban J connectivity index is 1.39. The van der Waals surface area contributed by atoms with Gasteiger partial charge < -0.3 is 19.4 Å². The molecule has 3 aliphatic rings. The van der Waals surface area contributed by atoms with E-state index in [0.29, 0.717) is 52.0 Å². The van der Waals surface area contributed by atoms with E-state index >= 15 is 0 Å². The summed E-state index contributed by atoms with van der Waals surface area (Å²) in [5, 5.41) is -0.291. The number of aromatic nitrogens is 1. The minimum atomic E-state index is -0.849. The number of H-pyrrole nitrogens is 1. The van der Waals surface area contributed by atoms with Crippen LogP contribution >= 0.6 is 39.0 Å². The molecule has 13 heteroatoms. The molecule has 0 saturated carbocycles. The fourth-order valence-electron chi connectivity index (χ4n) is 5.13. The number of thioether (sulfide) groups is 1. The lowest BCUT2D eigenvalue weighted by atomic mass is 9.82. The van der Waals surface area contributed by atoms with Crippen LogP contribution in [0.1, 0.15) is 16.4 Å². The van der Waals surface area contributed by atoms with Gasteiger partial charge in [0.05, 0.1) is 29.8 Å². The van der Waals surface area contributed by atoms with Gasteiger partial charge in [-0.3, -0.25) is 19.2 Å². The van der Waals surface area contributed by atoms with Crippen LogP contribution in [0.25, 0.3) is 0 Å². The first kappa shape index (κ1) is 26.2.